The maximum atomic E-state index is 13.2. The van der Waals surface area contributed by atoms with Gasteiger partial charge >= 0.3 is 12.1 Å². The summed E-state index contributed by atoms with van der Waals surface area (Å²) in [6.45, 7) is 7.53. The molecule has 0 amide bonds. The van der Waals surface area contributed by atoms with Crippen LogP contribution in [0.4, 0.5) is 13.2 Å². The van der Waals surface area contributed by atoms with E-state index in [9.17, 15) is 28.2 Å². The van der Waals surface area contributed by atoms with Crippen LogP contribution in [0.15, 0.2) is 60.7 Å². The maximum absolute atomic E-state index is 13.2. The number of nitrogens with one attached hydrogen (secondary N) is 1. The van der Waals surface area contributed by atoms with Crippen LogP contribution in [-0.2, 0) is 17.3 Å². The van der Waals surface area contributed by atoms with Gasteiger partial charge in [-0.3, -0.25) is 0 Å². The third-order valence-electron chi connectivity index (χ3n) is 6.50. The Labute approximate surface area is 231 Å². The average molecular weight is 564 g/mol. The predicted octanol–water partition coefficient (Wildman–Crippen LogP) is 7.08. The summed E-state index contributed by atoms with van der Waals surface area (Å²) in [5, 5.41) is 22.7. The Morgan fingerprint density at radius 2 is 1.77 bits per heavy atom. The van der Waals surface area contributed by atoms with E-state index in [4.69, 9.17) is 16.3 Å². The van der Waals surface area contributed by atoms with Crippen LogP contribution in [0.25, 0.3) is 11.1 Å². The number of benzene rings is 3. The van der Waals surface area contributed by atoms with Gasteiger partial charge in [0.2, 0.25) is 0 Å². The highest BCUT2D eigenvalue weighted by molar-refractivity contribution is 6.31. The minimum atomic E-state index is -4.53. The molecule has 3 N–H and O–H groups in total. The number of ether oxygens (including phenoxy) is 1. The number of β-amino-alcohol motifs (C(OH)–C–C–N with tert-alkyl or cyclic N) is 1. The average Bonchev–Trinajstić information content (AvgIpc) is 2.86. The third-order valence-corrected chi connectivity index (χ3v) is 6.83. The summed E-state index contributed by atoms with van der Waals surface area (Å²) in [6.07, 6.45) is -5.45. The van der Waals surface area contributed by atoms with E-state index in [1.165, 1.54) is 6.07 Å². The first-order chi connectivity index (χ1) is 18.2. The third kappa shape index (κ3) is 8.29. The number of alkyl halides is 3. The quantitative estimate of drug-likeness (QED) is 0.232. The first kappa shape index (κ1) is 30.6. The lowest BCUT2D eigenvalue weighted by atomic mass is 9.93. The zero-order valence-electron chi connectivity index (χ0n) is 22.3. The Balaban J connectivity index is 1.60. The van der Waals surface area contributed by atoms with Crippen molar-refractivity contribution in [3.63, 3.8) is 0 Å². The zero-order chi connectivity index (χ0) is 29.0. The van der Waals surface area contributed by atoms with Crippen molar-refractivity contribution in [2.75, 3.05) is 13.2 Å². The topological polar surface area (TPSA) is 78.8 Å². The highest BCUT2D eigenvalue weighted by Crippen LogP contribution is 2.36. The van der Waals surface area contributed by atoms with E-state index in [0.717, 1.165) is 22.8 Å². The number of hydrogen-bond donors (Lipinski definition) is 3. The molecule has 5 nitrogen and oxygen atoms in total. The molecule has 0 saturated carbocycles. The fourth-order valence-corrected chi connectivity index (χ4v) is 4.68. The summed E-state index contributed by atoms with van der Waals surface area (Å²) in [6, 6.07) is 16.7. The molecule has 0 aliphatic carbocycles. The molecule has 0 radical (unpaired) electrons. The lowest BCUT2D eigenvalue weighted by Gasteiger charge is -2.29. The standard InChI is InChI=1S/C30H33ClF3NO4/c1-18-13-21(10-11-23(18)28(37)38)25-8-6-5-7-24(25)19(2)39-17-22(36)16-35-29(3,4)15-20-9-12-27(31)26(14-20)30(32,33)34/h5-14,19,22,35-36H,15-17H2,1-4H3,(H,37,38)/t19-,22-/m1/s1. The number of carbonyl (C=O) groups is 1. The molecule has 2 atom stereocenters. The Kier molecular flexibility index (Phi) is 9.83. The van der Waals surface area contributed by atoms with E-state index >= 15 is 0 Å². The number of aromatic carboxylic acids is 1. The maximum Gasteiger partial charge on any atom is 0.417 e. The van der Waals surface area contributed by atoms with Crippen molar-refractivity contribution in [2.24, 2.45) is 0 Å². The molecule has 0 fully saturated rings. The van der Waals surface area contributed by atoms with Crippen molar-refractivity contribution in [2.45, 2.75) is 58.0 Å². The molecule has 0 aromatic heterocycles. The summed E-state index contributed by atoms with van der Waals surface area (Å²) in [5.74, 6) is -0.978. The van der Waals surface area contributed by atoms with Gasteiger partial charge in [0.1, 0.15) is 0 Å². The Morgan fingerprint density at radius 1 is 1.08 bits per heavy atom. The fourth-order valence-electron chi connectivity index (χ4n) is 4.46. The van der Waals surface area contributed by atoms with Gasteiger partial charge in [-0.1, -0.05) is 54.1 Å². The van der Waals surface area contributed by atoms with Crippen molar-refractivity contribution >= 4 is 17.6 Å². The summed E-state index contributed by atoms with van der Waals surface area (Å²) in [5.41, 5.74) is 2.57. The molecule has 0 bridgehead atoms. The molecule has 3 aromatic rings. The molecule has 0 unspecified atom stereocenters. The first-order valence-electron chi connectivity index (χ1n) is 12.5. The molecule has 0 aliphatic heterocycles. The number of aliphatic hydroxyl groups is 1. The van der Waals surface area contributed by atoms with Gasteiger partial charge in [0, 0.05) is 12.1 Å². The van der Waals surface area contributed by atoms with Gasteiger partial charge in [0.25, 0.3) is 0 Å². The summed E-state index contributed by atoms with van der Waals surface area (Å²) in [7, 11) is 0. The van der Waals surface area contributed by atoms with Gasteiger partial charge in [0.15, 0.2) is 0 Å². The Bertz CT molecular complexity index is 1310. The zero-order valence-corrected chi connectivity index (χ0v) is 23.0. The molecule has 0 spiro atoms. The van der Waals surface area contributed by atoms with Crippen LogP contribution in [-0.4, -0.2) is 41.0 Å². The summed E-state index contributed by atoms with van der Waals surface area (Å²) >= 11 is 5.72. The number of aliphatic hydroxyl groups excluding tert-OH is 1. The molecular formula is C30H33ClF3NO4. The molecular weight excluding hydrogens is 531 g/mol. The van der Waals surface area contributed by atoms with Crippen molar-refractivity contribution in [1.82, 2.24) is 5.32 Å². The van der Waals surface area contributed by atoms with Gasteiger partial charge in [-0.25, -0.2) is 4.79 Å². The molecule has 0 aliphatic rings. The molecule has 3 rings (SSSR count). The van der Waals surface area contributed by atoms with Gasteiger partial charge in [-0.15, -0.1) is 0 Å². The Morgan fingerprint density at radius 3 is 2.41 bits per heavy atom. The molecule has 9 heteroatoms. The monoisotopic (exact) mass is 563 g/mol. The van der Waals surface area contributed by atoms with Crippen LogP contribution in [0.1, 0.15) is 59.5 Å². The predicted molar refractivity (Wildman–Crippen MR) is 146 cm³/mol. The van der Waals surface area contributed by atoms with E-state index in [1.54, 1.807) is 25.1 Å². The Hall–Kier alpha value is -2.91. The lowest BCUT2D eigenvalue weighted by molar-refractivity contribution is -0.137. The van der Waals surface area contributed by atoms with E-state index in [-0.39, 0.29) is 29.8 Å². The van der Waals surface area contributed by atoms with Gasteiger partial charge in [0.05, 0.1) is 35.0 Å². The van der Waals surface area contributed by atoms with Crippen molar-refractivity contribution < 1.29 is 32.9 Å². The highest BCUT2D eigenvalue weighted by atomic mass is 35.5. The van der Waals surface area contributed by atoms with E-state index in [0.29, 0.717) is 17.5 Å². The van der Waals surface area contributed by atoms with Crippen LogP contribution in [0.3, 0.4) is 0 Å². The second-order valence-corrected chi connectivity index (χ2v) is 10.7. The number of hydrogen-bond acceptors (Lipinski definition) is 4. The van der Waals surface area contributed by atoms with Crippen LogP contribution < -0.4 is 5.32 Å². The minimum absolute atomic E-state index is 0.0364. The smallest absolute Gasteiger partial charge is 0.417 e. The van der Waals surface area contributed by atoms with Crippen LogP contribution >= 0.6 is 11.6 Å². The van der Waals surface area contributed by atoms with Crippen molar-refractivity contribution in [3.05, 3.63) is 93.5 Å². The molecule has 210 valence electrons. The summed E-state index contributed by atoms with van der Waals surface area (Å²) in [4.78, 5) is 11.4. The molecule has 3 aromatic carbocycles. The fraction of sp³-hybridized carbons (Fsp3) is 0.367. The second-order valence-electron chi connectivity index (χ2n) is 10.3. The van der Waals surface area contributed by atoms with Gasteiger partial charge in [-0.05, 0) is 80.1 Å². The minimum Gasteiger partial charge on any atom is -0.478 e. The first-order valence-corrected chi connectivity index (χ1v) is 12.9. The molecule has 0 saturated heterocycles. The van der Waals surface area contributed by atoms with Gasteiger partial charge in [-0.2, -0.15) is 13.2 Å². The number of aryl methyl sites for hydroxylation is 1. The number of rotatable bonds is 11. The van der Waals surface area contributed by atoms with Crippen LogP contribution in [0.2, 0.25) is 5.02 Å². The number of carboxylic acids is 1. The normalized spacial score (nSPS) is 13.8. The number of halogens is 4. The molecule has 0 heterocycles. The SMILES string of the molecule is Cc1cc(-c2ccccc2[C@@H](C)OC[C@H](O)CNC(C)(C)Cc2ccc(Cl)c(C(F)(F)F)c2)ccc1C(=O)O. The van der Waals surface area contributed by atoms with E-state index in [2.05, 4.69) is 5.32 Å². The highest BCUT2D eigenvalue weighted by Gasteiger charge is 2.33. The van der Waals surface area contributed by atoms with Crippen molar-refractivity contribution in [3.8, 4) is 11.1 Å². The lowest BCUT2D eigenvalue weighted by Crippen LogP contribution is -2.46. The van der Waals surface area contributed by atoms with Crippen LogP contribution in [0.5, 0.6) is 0 Å². The second kappa shape index (κ2) is 12.5. The van der Waals surface area contributed by atoms with Crippen molar-refractivity contribution in [1.29, 1.82) is 0 Å². The van der Waals surface area contributed by atoms with Crippen LogP contribution in [0, 0.1) is 6.92 Å². The largest absolute Gasteiger partial charge is 0.478 e. The molecule has 39 heavy (non-hydrogen) atoms. The van der Waals surface area contributed by atoms with E-state index in [1.807, 2.05) is 51.1 Å². The summed E-state index contributed by atoms with van der Waals surface area (Å²) < 4.78 is 45.6. The van der Waals surface area contributed by atoms with E-state index < -0.39 is 29.4 Å². The van der Waals surface area contributed by atoms with Gasteiger partial charge < -0.3 is 20.3 Å². The number of carboxylic acid groups (broad SMARTS) is 1.